The van der Waals surface area contributed by atoms with Crippen molar-refractivity contribution >= 4 is 11.9 Å². The lowest BCUT2D eigenvalue weighted by atomic mass is 10.2. The Morgan fingerprint density at radius 1 is 1.16 bits per heavy atom. The van der Waals surface area contributed by atoms with Gasteiger partial charge < -0.3 is 0 Å². The third-order valence-corrected chi connectivity index (χ3v) is 1.76. The molecule has 2 heteroatoms. The molecule has 1 aromatic rings. The molecule has 0 spiro atoms. The molecular weight excluding hydrogens is 234 g/mol. The molecule has 98 valence electrons. The molecule has 1 aromatic carbocycles. The monoisotopic (exact) mass is 253 g/mol. The van der Waals surface area contributed by atoms with Gasteiger partial charge in [0.25, 0.3) is 0 Å². The summed E-state index contributed by atoms with van der Waals surface area (Å²) in [7, 11) is 0. The van der Waals surface area contributed by atoms with E-state index in [0.717, 1.165) is 0 Å². The lowest BCUT2D eigenvalue weighted by Crippen LogP contribution is -1.88. The van der Waals surface area contributed by atoms with Gasteiger partial charge in [0.1, 0.15) is 6.07 Å². The molecule has 0 radical (unpaired) electrons. The van der Waals surface area contributed by atoms with Crippen molar-refractivity contribution in [3.05, 3.63) is 79.9 Å². The van der Waals surface area contributed by atoms with E-state index in [0.29, 0.717) is 0 Å². The molecule has 2 nitrogen and oxygen atoms in total. The minimum absolute atomic E-state index is 0.0139. The van der Waals surface area contributed by atoms with Crippen molar-refractivity contribution in [1.29, 1.82) is 5.26 Å². The van der Waals surface area contributed by atoms with Crippen LogP contribution in [0.2, 0.25) is 0 Å². The summed E-state index contributed by atoms with van der Waals surface area (Å²) in [5, 5.41) is 7.93. The van der Waals surface area contributed by atoms with E-state index in [-0.39, 0.29) is 11.4 Å². The largest absolute Gasteiger partial charge is 0.294 e. The van der Waals surface area contributed by atoms with Crippen LogP contribution in [0.1, 0.15) is 12.5 Å². The normalized spacial score (nSPS) is 7.16. The number of Topliss-reactive ketones (excluding diaryl/α,β-unsaturated/α-hetero) is 1. The van der Waals surface area contributed by atoms with E-state index in [1.165, 1.54) is 12.5 Å². The fourth-order valence-corrected chi connectivity index (χ4v) is 0.668. The van der Waals surface area contributed by atoms with Gasteiger partial charge >= 0.3 is 0 Å². The van der Waals surface area contributed by atoms with Crippen molar-refractivity contribution in [3.8, 4) is 6.07 Å². The minimum Gasteiger partial charge on any atom is -0.294 e. The molecule has 0 N–H and O–H groups in total. The molecule has 0 saturated heterocycles. The number of carbonyl (C=O) groups is 1. The van der Waals surface area contributed by atoms with Gasteiger partial charge in [-0.2, -0.15) is 5.26 Å². The van der Waals surface area contributed by atoms with Crippen molar-refractivity contribution in [3.63, 3.8) is 0 Å². The van der Waals surface area contributed by atoms with Crippen LogP contribution in [0.25, 0.3) is 6.08 Å². The van der Waals surface area contributed by atoms with Crippen molar-refractivity contribution in [1.82, 2.24) is 0 Å². The second-order valence-corrected chi connectivity index (χ2v) is 3.23. The molecule has 0 heterocycles. The van der Waals surface area contributed by atoms with Crippen LogP contribution in [0.15, 0.2) is 74.4 Å². The van der Waals surface area contributed by atoms with Crippen molar-refractivity contribution in [2.24, 2.45) is 0 Å². The standard InChI is InChI=1S/C8H8.C5H5NO.C4H6/c1-2-8-6-4-3-5-7-8;1-4(3-6)5(2)7;1-3-4-2/h2-7H,1H2;1H2,2H3;3-4H,1-2H2. The molecule has 0 fully saturated rings. The summed E-state index contributed by atoms with van der Waals surface area (Å²) in [6, 6.07) is 11.6. The Bertz CT molecular complexity index is 458. The van der Waals surface area contributed by atoms with Gasteiger partial charge in [0.2, 0.25) is 0 Å². The van der Waals surface area contributed by atoms with Crippen molar-refractivity contribution in [2.75, 3.05) is 0 Å². The van der Waals surface area contributed by atoms with Gasteiger partial charge in [0, 0.05) is 0 Å². The number of benzene rings is 1. The second-order valence-electron chi connectivity index (χ2n) is 3.23. The second kappa shape index (κ2) is 13.4. The van der Waals surface area contributed by atoms with Crippen molar-refractivity contribution in [2.45, 2.75) is 6.92 Å². The number of ketones is 1. The average molecular weight is 253 g/mol. The quantitative estimate of drug-likeness (QED) is 0.456. The van der Waals surface area contributed by atoms with Crippen LogP contribution in [-0.4, -0.2) is 5.78 Å². The number of carbonyl (C=O) groups excluding carboxylic acids is 1. The number of hydrogen-bond acceptors (Lipinski definition) is 2. The number of nitriles is 1. The molecule has 0 amide bonds. The predicted octanol–water partition coefficient (Wildman–Crippen LogP) is 4.34. The lowest BCUT2D eigenvalue weighted by molar-refractivity contribution is -0.113. The minimum atomic E-state index is -0.262. The first-order chi connectivity index (χ1) is 9.03. The molecule has 0 aliphatic heterocycles. The van der Waals surface area contributed by atoms with E-state index in [2.05, 4.69) is 26.3 Å². The highest BCUT2D eigenvalue weighted by Gasteiger charge is 1.93. The smallest absolute Gasteiger partial charge is 0.169 e. The first kappa shape index (κ1) is 18.7. The first-order valence-corrected chi connectivity index (χ1v) is 5.54. The molecule has 1 rings (SSSR count). The number of rotatable bonds is 3. The van der Waals surface area contributed by atoms with Gasteiger partial charge in [0.15, 0.2) is 5.78 Å². The zero-order valence-electron chi connectivity index (χ0n) is 11.3. The van der Waals surface area contributed by atoms with E-state index in [1.54, 1.807) is 18.2 Å². The molecular formula is C17H19NO. The molecule has 0 bridgehead atoms. The Morgan fingerprint density at radius 2 is 1.63 bits per heavy atom. The highest BCUT2D eigenvalue weighted by Crippen LogP contribution is 1.97. The summed E-state index contributed by atoms with van der Waals surface area (Å²) in [5.74, 6) is -0.262. The molecule has 0 aromatic heterocycles. The number of allylic oxidation sites excluding steroid dienone is 3. The van der Waals surface area contributed by atoms with Crippen LogP contribution in [0.4, 0.5) is 0 Å². The van der Waals surface area contributed by atoms with Crippen molar-refractivity contribution < 1.29 is 4.79 Å². The number of hydrogen-bond donors (Lipinski definition) is 0. The SMILES string of the molecule is C=C(C#N)C(C)=O.C=CC=C.C=Cc1ccccc1. The summed E-state index contributed by atoms with van der Waals surface area (Å²) in [6.07, 6.45) is 5.11. The van der Waals surface area contributed by atoms with Gasteiger partial charge in [-0.3, -0.25) is 4.79 Å². The van der Waals surface area contributed by atoms with Crippen LogP contribution in [0, 0.1) is 11.3 Å². The Hall–Kier alpha value is -2.66. The van der Waals surface area contributed by atoms with Gasteiger partial charge in [-0.1, -0.05) is 74.9 Å². The Morgan fingerprint density at radius 3 is 1.79 bits per heavy atom. The van der Waals surface area contributed by atoms with Gasteiger partial charge in [0.05, 0.1) is 5.57 Å². The summed E-state index contributed by atoms with van der Waals surface area (Å²) in [6.45, 7) is 14.8. The van der Waals surface area contributed by atoms with Crippen LogP contribution < -0.4 is 0 Å². The van der Waals surface area contributed by atoms with Gasteiger partial charge in [-0.15, -0.1) is 0 Å². The van der Waals surface area contributed by atoms with Crippen LogP contribution in [0.3, 0.4) is 0 Å². The molecule has 0 aliphatic rings. The summed E-state index contributed by atoms with van der Waals surface area (Å²) in [4.78, 5) is 10.1. The maximum Gasteiger partial charge on any atom is 0.169 e. The van der Waals surface area contributed by atoms with Crippen LogP contribution in [-0.2, 0) is 4.79 Å². The zero-order chi connectivity index (χ0) is 15.1. The topological polar surface area (TPSA) is 40.9 Å². The number of nitrogens with zero attached hydrogens (tertiary/aromatic N) is 1. The molecule has 0 unspecified atom stereocenters. The Labute approximate surface area is 115 Å². The first-order valence-electron chi connectivity index (χ1n) is 5.54. The average Bonchev–Trinajstić information content (AvgIpc) is 2.48. The van der Waals surface area contributed by atoms with Crippen LogP contribution >= 0.6 is 0 Å². The lowest BCUT2D eigenvalue weighted by Gasteiger charge is -1.85. The maximum atomic E-state index is 10.1. The maximum absolute atomic E-state index is 10.1. The van der Waals surface area contributed by atoms with E-state index in [4.69, 9.17) is 5.26 Å². The van der Waals surface area contributed by atoms with Crippen LogP contribution in [0.5, 0.6) is 0 Å². The highest BCUT2D eigenvalue weighted by molar-refractivity contribution is 5.96. The zero-order valence-corrected chi connectivity index (χ0v) is 11.3. The van der Waals surface area contributed by atoms with E-state index in [1.807, 2.05) is 36.4 Å². The summed E-state index contributed by atoms with van der Waals surface area (Å²) >= 11 is 0. The fourth-order valence-electron chi connectivity index (χ4n) is 0.668. The molecule has 0 saturated carbocycles. The predicted molar refractivity (Wildman–Crippen MR) is 82.4 cm³/mol. The Balaban J connectivity index is 0. The third-order valence-electron chi connectivity index (χ3n) is 1.76. The summed E-state index contributed by atoms with van der Waals surface area (Å²) in [5.41, 5.74) is 1.19. The van der Waals surface area contributed by atoms with E-state index < -0.39 is 0 Å². The molecule has 0 aliphatic carbocycles. The van der Waals surface area contributed by atoms with E-state index in [9.17, 15) is 4.79 Å². The molecule has 19 heavy (non-hydrogen) atoms. The van der Waals surface area contributed by atoms with Gasteiger partial charge in [-0.25, -0.2) is 0 Å². The van der Waals surface area contributed by atoms with Gasteiger partial charge in [-0.05, 0) is 12.5 Å². The fraction of sp³-hybridized carbons (Fsp3) is 0.0588. The van der Waals surface area contributed by atoms with E-state index >= 15 is 0 Å². The third kappa shape index (κ3) is 13.3. The highest BCUT2D eigenvalue weighted by atomic mass is 16.1. The Kier molecular flexibility index (Phi) is 13.2. The molecule has 0 atom stereocenters. The summed E-state index contributed by atoms with van der Waals surface area (Å²) < 4.78 is 0.